The maximum absolute atomic E-state index is 8.74. The lowest BCUT2D eigenvalue weighted by Gasteiger charge is -2.23. The smallest absolute Gasteiger partial charge is 0.0459 e. The molecule has 54 valence electrons. The van der Waals surface area contributed by atoms with E-state index in [0.717, 1.165) is 25.7 Å². The minimum absolute atomic E-state index is 0.354. The molecule has 0 heterocycles. The van der Waals surface area contributed by atoms with Gasteiger partial charge in [0, 0.05) is 12.6 Å². The maximum atomic E-state index is 8.74. The Morgan fingerprint density at radius 1 is 1.22 bits per heavy atom. The fraction of sp³-hybridized carbons (Fsp3) is 1.00. The number of rotatable bonds is 1. The van der Waals surface area contributed by atoms with Gasteiger partial charge in [-0.05, 0) is 31.6 Å². The molecule has 0 amide bonds. The summed E-state index contributed by atoms with van der Waals surface area (Å²) in [6, 6.07) is 0.410. The van der Waals surface area contributed by atoms with Crippen molar-refractivity contribution in [1.82, 2.24) is 0 Å². The molecule has 1 aliphatic rings. The van der Waals surface area contributed by atoms with E-state index in [-0.39, 0.29) is 0 Å². The van der Waals surface area contributed by atoms with E-state index >= 15 is 0 Å². The molecule has 2 heteroatoms. The summed E-state index contributed by atoms with van der Waals surface area (Å²) in [5, 5.41) is 8.74. The zero-order valence-electron chi connectivity index (χ0n) is 5.71. The molecule has 0 aliphatic heterocycles. The van der Waals surface area contributed by atoms with Crippen LogP contribution in [0.25, 0.3) is 0 Å². The lowest BCUT2D eigenvalue weighted by atomic mass is 9.87. The minimum Gasteiger partial charge on any atom is -0.396 e. The summed E-state index contributed by atoms with van der Waals surface area (Å²) in [5.41, 5.74) is 5.67. The Morgan fingerprint density at radius 3 is 2.22 bits per heavy atom. The van der Waals surface area contributed by atoms with E-state index in [1.54, 1.807) is 0 Å². The normalized spacial score (nSPS) is 36.7. The number of hydrogen-bond donors (Lipinski definition) is 2. The summed E-state index contributed by atoms with van der Waals surface area (Å²) in [7, 11) is 0. The van der Waals surface area contributed by atoms with Crippen LogP contribution in [0.4, 0.5) is 0 Å². The van der Waals surface area contributed by atoms with Crippen LogP contribution in [0.2, 0.25) is 0 Å². The fourth-order valence-corrected chi connectivity index (χ4v) is 1.37. The fourth-order valence-electron chi connectivity index (χ4n) is 1.37. The first-order valence-electron chi connectivity index (χ1n) is 3.69. The molecule has 2 nitrogen and oxygen atoms in total. The average Bonchev–Trinajstić information content (AvgIpc) is 1.90. The molecule has 3 N–H and O–H groups in total. The van der Waals surface area contributed by atoms with E-state index in [2.05, 4.69) is 0 Å². The third kappa shape index (κ3) is 1.95. The van der Waals surface area contributed by atoms with Gasteiger partial charge in [0.15, 0.2) is 0 Å². The van der Waals surface area contributed by atoms with Gasteiger partial charge in [-0.2, -0.15) is 0 Å². The number of aliphatic hydroxyl groups excluding tert-OH is 1. The molecule has 1 rings (SSSR count). The third-order valence-corrected chi connectivity index (χ3v) is 2.15. The second kappa shape index (κ2) is 3.18. The molecule has 0 radical (unpaired) electrons. The highest BCUT2D eigenvalue weighted by molar-refractivity contribution is 4.73. The summed E-state index contributed by atoms with van der Waals surface area (Å²) < 4.78 is 0. The van der Waals surface area contributed by atoms with Crippen LogP contribution in [-0.2, 0) is 0 Å². The molecule has 0 bridgehead atoms. The van der Waals surface area contributed by atoms with Crippen LogP contribution in [-0.4, -0.2) is 17.8 Å². The summed E-state index contributed by atoms with van der Waals surface area (Å²) in [6.45, 7) is 0.354. The Bertz CT molecular complexity index is 77.0. The van der Waals surface area contributed by atoms with Gasteiger partial charge < -0.3 is 10.8 Å². The quantitative estimate of drug-likeness (QED) is 0.541. The van der Waals surface area contributed by atoms with Crippen LogP contribution in [0.5, 0.6) is 0 Å². The molecular formula is C7H15NO. The van der Waals surface area contributed by atoms with Crippen LogP contribution < -0.4 is 5.73 Å². The lowest BCUT2D eigenvalue weighted by Crippen LogP contribution is -2.27. The highest BCUT2D eigenvalue weighted by atomic mass is 16.3. The summed E-state index contributed by atoms with van der Waals surface area (Å²) in [6.07, 6.45) is 4.45. The predicted molar refractivity (Wildman–Crippen MR) is 37.0 cm³/mol. The molecule has 0 aromatic carbocycles. The SMILES string of the molecule is NC1CCC(CO)CC1. The van der Waals surface area contributed by atoms with Gasteiger partial charge >= 0.3 is 0 Å². The van der Waals surface area contributed by atoms with E-state index in [1.807, 2.05) is 0 Å². The Hall–Kier alpha value is -0.0800. The minimum atomic E-state index is 0.354. The second-order valence-corrected chi connectivity index (χ2v) is 2.96. The number of nitrogens with two attached hydrogens (primary N) is 1. The van der Waals surface area contributed by atoms with Gasteiger partial charge in [0.2, 0.25) is 0 Å². The Kier molecular flexibility index (Phi) is 2.49. The average molecular weight is 129 g/mol. The van der Waals surface area contributed by atoms with E-state index < -0.39 is 0 Å². The van der Waals surface area contributed by atoms with Crippen molar-refractivity contribution in [1.29, 1.82) is 0 Å². The zero-order valence-corrected chi connectivity index (χ0v) is 5.71. The molecule has 1 aliphatic carbocycles. The van der Waals surface area contributed by atoms with Crippen molar-refractivity contribution in [3.8, 4) is 0 Å². The molecule has 0 spiro atoms. The van der Waals surface area contributed by atoms with E-state index in [9.17, 15) is 0 Å². The highest BCUT2D eigenvalue weighted by Gasteiger charge is 2.16. The van der Waals surface area contributed by atoms with Gasteiger partial charge in [0.05, 0.1) is 0 Å². The first-order chi connectivity index (χ1) is 4.33. The molecular weight excluding hydrogens is 114 g/mol. The molecule has 0 saturated heterocycles. The van der Waals surface area contributed by atoms with Crippen molar-refractivity contribution in [2.24, 2.45) is 11.7 Å². The Morgan fingerprint density at radius 2 is 1.78 bits per heavy atom. The molecule has 1 fully saturated rings. The topological polar surface area (TPSA) is 46.2 Å². The van der Waals surface area contributed by atoms with Gasteiger partial charge in [0.25, 0.3) is 0 Å². The summed E-state index contributed by atoms with van der Waals surface area (Å²) >= 11 is 0. The lowest BCUT2D eigenvalue weighted by molar-refractivity contribution is 0.183. The van der Waals surface area contributed by atoms with Crippen molar-refractivity contribution >= 4 is 0 Å². The third-order valence-electron chi connectivity index (χ3n) is 2.15. The first kappa shape index (κ1) is 7.03. The predicted octanol–water partition coefficient (Wildman–Crippen LogP) is 0.496. The van der Waals surface area contributed by atoms with Crippen LogP contribution in [0.3, 0.4) is 0 Å². The van der Waals surface area contributed by atoms with E-state index in [0.29, 0.717) is 18.6 Å². The summed E-state index contributed by atoms with van der Waals surface area (Å²) in [4.78, 5) is 0. The number of hydrogen-bond acceptors (Lipinski definition) is 2. The van der Waals surface area contributed by atoms with Gasteiger partial charge in [0.1, 0.15) is 0 Å². The second-order valence-electron chi connectivity index (χ2n) is 2.96. The number of aliphatic hydroxyl groups is 1. The van der Waals surface area contributed by atoms with Crippen LogP contribution in [0.15, 0.2) is 0 Å². The molecule has 1 saturated carbocycles. The highest BCUT2D eigenvalue weighted by Crippen LogP contribution is 2.21. The van der Waals surface area contributed by atoms with Crippen molar-refractivity contribution in [2.45, 2.75) is 31.7 Å². The zero-order chi connectivity index (χ0) is 6.69. The van der Waals surface area contributed by atoms with Crippen molar-refractivity contribution in [3.05, 3.63) is 0 Å². The largest absolute Gasteiger partial charge is 0.396 e. The van der Waals surface area contributed by atoms with Gasteiger partial charge in [-0.1, -0.05) is 0 Å². The standard InChI is InChI=1S/C7H15NO/c8-7-3-1-6(5-9)2-4-7/h6-7,9H,1-5,8H2. The van der Waals surface area contributed by atoms with Gasteiger partial charge in [-0.15, -0.1) is 0 Å². The molecule has 0 aromatic rings. The van der Waals surface area contributed by atoms with Gasteiger partial charge in [-0.3, -0.25) is 0 Å². The Balaban J connectivity index is 2.18. The molecule has 0 atom stereocenters. The van der Waals surface area contributed by atoms with Gasteiger partial charge in [-0.25, -0.2) is 0 Å². The van der Waals surface area contributed by atoms with Crippen molar-refractivity contribution in [2.75, 3.05) is 6.61 Å². The molecule has 9 heavy (non-hydrogen) atoms. The maximum Gasteiger partial charge on any atom is 0.0459 e. The van der Waals surface area contributed by atoms with E-state index in [1.165, 1.54) is 0 Å². The molecule has 0 unspecified atom stereocenters. The molecule has 0 aromatic heterocycles. The van der Waals surface area contributed by atoms with E-state index in [4.69, 9.17) is 10.8 Å². The van der Waals surface area contributed by atoms with Crippen LogP contribution in [0, 0.1) is 5.92 Å². The van der Waals surface area contributed by atoms with Crippen molar-refractivity contribution in [3.63, 3.8) is 0 Å². The Labute approximate surface area is 56.1 Å². The van der Waals surface area contributed by atoms with Crippen LogP contribution in [0.1, 0.15) is 25.7 Å². The van der Waals surface area contributed by atoms with Crippen LogP contribution >= 0.6 is 0 Å². The van der Waals surface area contributed by atoms with Crippen molar-refractivity contribution < 1.29 is 5.11 Å². The monoisotopic (exact) mass is 129 g/mol. The summed E-state index contributed by atoms with van der Waals surface area (Å²) in [5.74, 6) is 0.546. The first-order valence-corrected chi connectivity index (χ1v) is 3.69.